The van der Waals surface area contributed by atoms with Crippen molar-refractivity contribution in [2.24, 2.45) is 0 Å². The summed E-state index contributed by atoms with van der Waals surface area (Å²) in [5.41, 5.74) is 0. The van der Waals surface area contributed by atoms with Gasteiger partial charge in [-0.25, -0.2) is 0 Å². The Morgan fingerprint density at radius 2 is 2.50 bits per heavy atom. The predicted molar refractivity (Wildman–Crippen MR) is 36.6 cm³/mol. The van der Waals surface area contributed by atoms with Gasteiger partial charge in [0.15, 0.2) is 0 Å². The van der Waals surface area contributed by atoms with Gasteiger partial charge in [0.25, 0.3) is 5.84 Å². The molecule has 0 N–H and O–H groups in total. The molecule has 0 saturated carbocycles. The van der Waals surface area contributed by atoms with Crippen LogP contribution in [0.1, 0.15) is 6.92 Å². The summed E-state index contributed by atoms with van der Waals surface area (Å²) in [6.45, 7) is 2.43. The Balaban J connectivity index is 2.57. The van der Waals surface area contributed by atoms with Gasteiger partial charge in [-0.15, -0.1) is 0 Å². The predicted octanol–water partition coefficient (Wildman–Crippen LogP) is 1.89. The lowest BCUT2D eigenvalue weighted by Crippen LogP contribution is -1.99. The zero-order chi connectivity index (χ0) is 6.20. The van der Waals surface area contributed by atoms with E-state index in [1.807, 2.05) is 6.92 Å². The van der Waals surface area contributed by atoms with Gasteiger partial charge >= 0.3 is 0 Å². The Kier molecular flexibility index (Phi) is 1.95. The average Bonchev–Trinajstić information content (AvgIpc) is 1.82. The average molecular weight is 173 g/mol. The van der Waals surface area contributed by atoms with Crippen molar-refractivity contribution in [1.29, 1.82) is 0 Å². The molecule has 1 rings (SSSR count). The lowest BCUT2D eigenvalue weighted by Gasteiger charge is -2.01. The molecule has 5 heteroatoms. The maximum atomic E-state index is 5.54. The molecule has 0 amide bonds. The van der Waals surface area contributed by atoms with Crippen LogP contribution in [0.15, 0.2) is 0 Å². The SMILES string of the molecule is CC1COP(=S)(Cl)O1. The van der Waals surface area contributed by atoms with Gasteiger partial charge in [0.1, 0.15) is 0 Å². The van der Waals surface area contributed by atoms with Crippen LogP contribution in [0.3, 0.4) is 0 Å². The van der Waals surface area contributed by atoms with Crippen molar-refractivity contribution in [3.05, 3.63) is 0 Å². The summed E-state index contributed by atoms with van der Waals surface area (Å²) in [6.07, 6.45) is 0.0818. The van der Waals surface area contributed by atoms with Crippen LogP contribution in [0.4, 0.5) is 0 Å². The van der Waals surface area contributed by atoms with Gasteiger partial charge in [-0.05, 0) is 30.0 Å². The summed E-state index contributed by atoms with van der Waals surface area (Å²) >= 11 is 10.3. The molecule has 8 heavy (non-hydrogen) atoms. The molecular formula is C3H6ClO2PS. The van der Waals surface area contributed by atoms with Crippen molar-refractivity contribution in [2.75, 3.05) is 6.61 Å². The minimum atomic E-state index is -2.29. The van der Waals surface area contributed by atoms with Crippen molar-refractivity contribution in [2.45, 2.75) is 13.0 Å². The second kappa shape index (κ2) is 2.24. The second-order valence-corrected chi connectivity index (χ2v) is 6.35. The molecule has 0 radical (unpaired) electrons. The second-order valence-electron chi connectivity index (χ2n) is 1.64. The lowest BCUT2D eigenvalue weighted by atomic mass is 10.5. The van der Waals surface area contributed by atoms with Crippen LogP contribution >= 0.6 is 17.1 Å². The molecule has 1 aliphatic heterocycles. The molecule has 0 aromatic heterocycles. The number of halogens is 1. The van der Waals surface area contributed by atoms with E-state index in [4.69, 9.17) is 32.1 Å². The highest BCUT2D eigenvalue weighted by Crippen LogP contribution is 2.58. The Bertz CT molecular complexity index is 139. The molecule has 0 aromatic rings. The third kappa shape index (κ3) is 1.67. The highest BCUT2D eigenvalue weighted by molar-refractivity contribution is 8.22. The zero-order valence-electron chi connectivity index (χ0n) is 4.33. The molecule has 0 bridgehead atoms. The molecule has 0 aromatic carbocycles. The van der Waals surface area contributed by atoms with Crippen LogP contribution in [-0.2, 0) is 20.9 Å². The lowest BCUT2D eigenvalue weighted by molar-refractivity contribution is 0.263. The molecule has 1 aliphatic rings. The number of hydrogen-bond donors (Lipinski definition) is 0. The first-order valence-corrected chi connectivity index (χ1v) is 5.77. The molecule has 2 nitrogen and oxygen atoms in total. The molecule has 0 spiro atoms. The Labute approximate surface area is 58.1 Å². The topological polar surface area (TPSA) is 18.5 Å². The van der Waals surface area contributed by atoms with Gasteiger partial charge in [0.05, 0.1) is 12.7 Å². The van der Waals surface area contributed by atoms with E-state index in [0.717, 1.165) is 0 Å². The molecular weight excluding hydrogens is 167 g/mol. The highest BCUT2D eigenvalue weighted by Gasteiger charge is 2.27. The van der Waals surface area contributed by atoms with Gasteiger partial charge in [0.2, 0.25) is 0 Å². The largest absolute Gasteiger partial charge is 0.315 e. The number of hydrogen-bond acceptors (Lipinski definition) is 3. The fourth-order valence-electron chi connectivity index (χ4n) is 0.470. The molecule has 0 aliphatic carbocycles. The monoisotopic (exact) mass is 172 g/mol. The summed E-state index contributed by atoms with van der Waals surface area (Å²) in [7, 11) is 0. The summed E-state index contributed by atoms with van der Waals surface area (Å²) < 4.78 is 9.94. The van der Waals surface area contributed by atoms with Crippen LogP contribution in [0, 0.1) is 0 Å². The first-order valence-electron chi connectivity index (χ1n) is 2.23. The van der Waals surface area contributed by atoms with E-state index in [1.54, 1.807) is 0 Å². The maximum absolute atomic E-state index is 5.54. The molecule has 48 valence electrons. The van der Waals surface area contributed by atoms with E-state index >= 15 is 0 Å². The van der Waals surface area contributed by atoms with Crippen molar-refractivity contribution in [3.8, 4) is 0 Å². The van der Waals surface area contributed by atoms with Crippen molar-refractivity contribution >= 4 is 28.9 Å². The summed E-state index contributed by atoms with van der Waals surface area (Å²) in [4.78, 5) is 0. The van der Waals surface area contributed by atoms with E-state index < -0.39 is 5.84 Å². The van der Waals surface area contributed by atoms with Gasteiger partial charge in [0, 0.05) is 0 Å². The molecule has 2 atom stereocenters. The van der Waals surface area contributed by atoms with Crippen molar-refractivity contribution in [1.82, 2.24) is 0 Å². The highest BCUT2D eigenvalue weighted by atomic mass is 35.7. The van der Waals surface area contributed by atoms with Gasteiger partial charge < -0.3 is 9.05 Å². The molecule has 1 heterocycles. The quantitative estimate of drug-likeness (QED) is 0.520. The van der Waals surface area contributed by atoms with E-state index in [1.165, 1.54) is 0 Å². The fraction of sp³-hybridized carbons (Fsp3) is 1.00. The minimum absolute atomic E-state index is 0.0818. The normalized spacial score (nSPS) is 47.5. The van der Waals surface area contributed by atoms with Gasteiger partial charge in [-0.1, -0.05) is 0 Å². The smallest absolute Gasteiger partial charge is 0.282 e. The third-order valence-electron chi connectivity index (χ3n) is 0.769. The van der Waals surface area contributed by atoms with Gasteiger partial charge in [-0.2, -0.15) is 0 Å². The standard InChI is InChI=1S/C3H6ClO2PS/c1-3-2-5-7(4,8)6-3/h3H,2H2,1H3. The maximum Gasteiger partial charge on any atom is 0.282 e. The molecule has 1 fully saturated rings. The van der Waals surface area contributed by atoms with E-state index in [-0.39, 0.29) is 6.10 Å². The van der Waals surface area contributed by atoms with Crippen LogP contribution in [-0.4, -0.2) is 12.7 Å². The fourth-order valence-corrected chi connectivity index (χ4v) is 2.61. The van der Waals surface area contributed by atoms with Crippen molar-refractivity contribution < 1.29 is 9.05 Å². The first kappa shape index (κ1) is 6.97. The van der Waals surface area contributed by atoms with E-state index in [2.05, 4.69) is 0 Å². The number of rotatable bonds is 0. The summed E-state index contributed by atoms with van der Waals surface area (Å²) in [5, 5.41) is 0. The van der Waals surface area contributed by atoms with Crippen LogP contribution in [0.25, 0.3) is 0 Å². The molecule has 1 saturated heterocycles. The Hall–Kier alpha value is 0.860. The van der Waals surface area contributed by atoms with Crippen LogP contribution in [0.5, 0.6) is 0 Å². The Morgan fingerprint density at radius 3 is 2.62 bits per heavy atom. The zero-order valence-corrected chi connectivity index (χ0v) is 6.80. The van der Waals surface area contributed by atoms with E-state index in [9.17, 15) is 0 Å². The van der Waals surface area contributed by atoms with Crippen LogP contribution in [0.2, 0.25) is 0 Å². The van der Waals surface area contributed by atoms with Gasteiger partial charge in [-0.3, -0.25) is 0 Å². The minimum Gasteiger partial charge on any atom is -0.315 e. The summed E-state index contributed by atoms with van der Waals surface area (Å²) in [6, 6.07) is 0. The Morgan fingerprint density at radius 1 is 1.88 bits per heavy atom. The third-order valence-corrected chi connectivity index (χ3v) is 2.94. The molecule has 2 unspecified atom stereocenters. The van der Waals surface area contributed by atoms with E-state index in [0.29, 0.717) is 6.61 Å². The van der Waals surface area contributed by atoms with Crippen LogP contribution < -0.4 is 0 Å². The summed E-state index contributed by atoms with van der Waals surface area (Å²) in [5.74, 6) is -2.29. The van der Waals surface area contributed by atoms with Crippen molar-refractivity contribution in [3.63, 3.8) is 0 Å². The first-order chi connectivity index (χ1) is 3.60.